The van der Waals surface area contributed by atoms with Crippen LogP contribution in [0.25, 0.3) is 10.9 Å². The predicted octanol–water partition coefficient (Wildman–Crippen LogP) is 2.87. The van der Waals surface area contributed by atoms with Crippen molar-refractivity contribution in [1.82, 2.24) is 15.2 Å². The molecule has 1 fully saturated rings. The first-order valence-corrected chi connectivity index (χ1v) is 10.5. The van der Waals surface area contributed by atoms with Crippen LogP contribution in [-0.4, -0.2) is 51.0 Å². The lowest BCUT2D eigenvalue weighted by atomic mass is 10.1. The van der Waals surface area contributed by atoms with Gasteiger partial charge in [-0.05, 0) is 36.2 Å². The van der Waals surface area contributed by atoms with Crippen LogP contribution in [0.5, 0.6) is 0 Å². The van der Waals surface area contributed by atoms with Crippen molar-refractivity contribution in [3.8, 4) is 0 Å². The smallest absolute Gasteiger partial charge is 0.208 e. The first kappa shape index (κ1) is 19.9. The van der Waals surface area contributed by atoms with Gasteiger partial charge in [0.15, 0.2) is 0 Å². The van der Waals surface area contributed by atoms with Crippen LogP contribution >= 0.6 is 12.4 Å². The number of fused-ring (bicyclic) bond motifs is 1. The van der Waals surface area contributed by atoms with E-state index in [0.717, 1.165) is 50.0 Å². The highest BCUT2D eigenvalue weighted by atomic mass is 35.5. The molecule has 0 unspecified atom stereocenters. The van der Waals surface area contributed by atoms with E-state index in [1.54, 1.807) is 30.5 Å². The van der Waals surface area contributed by atoms with Gasteiger partial charge >= 0.3 is 0 Å². The van der Waals surface area contributed by atoms with Crippen molar-refractivity contribution < 1.29 is 8.42 Å². The maximum atomic E-state index is 13.0. The number of halogens is 1. The average molecular weight is 406 g/mol. The van der Waals surface area contributed by atoms with E-state index in [2.05, 4.69) is 21.3 Å². The molecule has 1 saturated heterocycles. The van der Waals surface area contributed by atoms with Crippen LogP contribution < -0.4 is 5.32 Å². The second-order valence-corrected chi connectivity index (χ2v) is 8.61. The summed E-state index contributed by atoms with van der Waals surface area (Å²) in [6.45, 7) is 5.21. The van der Waals surface area contributed by atoms with Crippen LogP contribution in [0.3, 0.4) is 0 Å². The summed E-state index contributed by atoms with van der Waals surface area (Å²) in [5, 5.41) is 4.13. The van der Waals surface area contributed by atoms with Crippen LogP contribution in [-0.2, 0) is 16.3 Å². The third-order valence-corrected chi connectivity index (χ3v) is 6.79. The normalized spacial score (nSPS) is 15.6. The molecular weight excluding hydrogens is 382 g/mol. The summed E-state index contributed by atoms with van der Waals surface area (Å²) in [4.78, 5) is 6.22. The first-order chi connectivity index (χ1) is 12.6. The van der Waals surface area contributed by atoms with E-state index < -0.39 is 9.84 Å². The maximum absolute atomic E-state index is 13.0. The van der Waals surface area contributed by atoms with Gasteiger partial charge in [-0.15, -0.1) is 12.4 Å². The second kappa shape index (κ2) is 8.44. The summed E-state index contributed by atoms with van der Waals surface area (Å²) >= 11 is 0. The Balaban J connectivity index is 0.00000210. The highest BCUT2D eigenvalue weighted by Gasteiger charge is 2.21. The van der Waals surface area contributed by atoms with Gasteiger partial charge < -0.3 is 15.2 Å². The topological polar surface area (TPSA) is 65.2 Å². The van der Waals surface area contributed by atoms with Crippen molar-refractivity contribution in [1.29, 1.82) is 0 Å². The number of benzene rings is 2. The van der Waals surface area contributed by atoms with E-state index in [0.29, 0.717) is 9.79 Å². The van der Waals surface area contributed by atoms with Crippen LogP contribution in [0.4, 0.5) is 0 Å². The molecule has 0 spiro atoms. The number of aromatic amines is 1. The zero-order valence-electron chi connectivity index (χ0n) is 15.0. The monoisotopic (exact) mass is 405 g/mol. The van der Waals surface area contributed by atoms with Gasteiger partial charge in [0, 0.05) is 49.8 Å². The lowest BCUT2D eigenvalue weighted by Crippen LogP contribution is -2.44. The SMILES string of the molecule is Cl.O=S(=O)(c1ccccc1)c1c[nH]c2ccc(CCN3CCNCC3)cc12. The second-order valence-electron chi connectivity index (χ2n) is 6.69. The Kier molecular flexibility index (Phi) is 6.22. The third-order valence-electron chi connectivity index (χ3n) is 4.98. The number of nitrogens with one attached hydrogen (secondary N) is 2. The Bertz CT molecular complexity index is 996. The van der Waals surface area contributed by atoms with Crippen molar-refractivity contribution in [3.05, 3.63) is 60.3 Å². The molecule has 27 heavy (non-hydrogen) atoms. The number of hydrogen-bond acceptors (Lipinski definition) is 4. The molecule has 144 valence electrons. The highest BCUT2D eigenvalue weighted by molar-refractivity contribution is 7.91. The minimum atomic E-state index is -3.52. The van der Waals surface area contributed by atoms with E-state index in [1.165, 1.54) is 5.56 Å². The number of rotatable bonds is 5. The largest absolute Gasteiger partial charge is 0.360 e. The number of nitrogens with zero attached hydrogens (tertiary/aromatic N) is 1. The molecule has 7 heteroatoms. The van der Waals surface area contributed by atoms with Gasteiger partial charge in [0.05, 0.1) is 9.79 Å². The van der Waals surface area contributed by atoms with Gasteiger partial charge in [0.1, 0.15) is 0 Å². The molecule has 1 aromatic heterocycles. The molecule has 0 atom stereocenters. The molecular formula is C20H24ClN3O2S. The van der Waals surface area contributed by atoms with Crippen molar-refractivity contribution >= 4 is 33.1 Å². The first-order valence-electron chi connectivity index (χ1n) is 8.98. The number of H-pyrrole nitrogens is 1. The van der Waals surface area contributed by atoms with E-state index >= 15 is 0 Å². The molecule has 3 aromatic rings. The molecule has 5 nitrogen and oxygen atoms in total. The molecule has 2 aromatic carbocycles. The van der Waals surface area contributed by atoms with Crippen molar-refractivity contribution in [3.63, 3.8) is 0 Å². The summed E-state index contributed by atoms with van der Waals surface area (Å²) in [5.41, 5.74) is 2.02. The van der Waals surface area contributed by atoms with Crippen LogP contribution in [0, 0.1) is 0 Å². The third kappa shape index (κ3) is 4.19. The van der Waals surface area contributed by atoms with Gasteiger partial charge in [-0.1, -0.05) is 24.3 Å². The molecule has 0 radical (unpaired) electrons. The molecule has 2 heterocycles. The van der Waals surface area contributed by atoms with E-state index in [1.807, 2.05) is 18.2 Å². The van der Waals surface area contributed by atoms with Gasteiger partial charge in [0.25, 0.3) is 0 Å². The van der Waals surface area contributed by atoms with Gasteiger partial charge in [-0.3, -0.25) is 0 Å². The Morgan fingerprint density at radius 2 is 1.74 bits per heavy atom. The van der Waals surface area contributed by atoms with Gasteiger partial charge in [-0.2, -0.15) is 0 Å². The predicted molar refractivity (Wildman–Crippen MR) is 110 cm³/mol. The van der Waals surface area contributed by atoms with E-state index in [9.17, 15) is 8.42 Å². The summed E-state index contributed by atoms with van der Waals surface area (Å²) in [5.74, 6) is 0. The van der Waals surface area contributed by atoms with E-state index in [-0.39, 0.29) is 12.4 Å². The lowest BCUT2D eigenvalue weighted by molar-refractivity contribution is 0.244. The Labute approximate surface area is 166 Å². The Hall–Kier alpha value is -1.86. The summed E-state index contributed by atoms with van der Waals surface area (Å²) in [6.07, 6.45) is 2.53. The quantitative estimate of drug-likeness (QED) is 0.685. The summed E-state index contributed by atoms with van der Waals surface area (Å²) in [7, 11) is -3.52. The zero-order valence-corrected chi connectivity index (χ0v) is 16.7. The van der Waals surface area contributed by atoms with Gasteiger partial charge in [0.2, 0.25) is 9.84 Å². The Morgan fingerprint density at radius 3 is 2.48 bits per heavy atom. The van der Waals surface area contributed by atoms with Crippen molar-refractivity contribution in [2.24, 2.45) is 0 Å². The zero-order chi connectivity index (χ0) is 18.0. The summed E-state index contributed by atoms with van der Waals surface area (Å²) < 4.78 is 26.0. The average Bonchev–Trinajstić information content (AvgIpc) is 3.12. The fourth-order valence-electron chi connectivity index (χ4n) is 3.47. The van der Waals surface area contributed by atoms with Crippen molar-refractivity contribution in [2.75, 3.05) is 32.7 Å². The maximum Gasteiger partial charge on any atom is 0.208 e. The van der Waals surface area contributed by atoms with Gasteiger partial charge in [-0.25, -0.2) is 8.42 Å². The fraction of sp³-hybridized carbons (Fsp3) is 0.300. The standard InChI is InChI=1S/C20H23N3O2S.ClH/c24-26(25,17-4-2-1-3-5-17)20-15-22-19-7-6-16(14-18(19)20)8-11-23-12-9-21-10-13-23;/h1-7,14-15,21-22H,8-13H2;1H. The molecule has 0 bridgehead atoms. The molecule has 2 N–H and O–H groups in total. The fourth-order valence-corrected chi connectivity index (χ4v) is 4.91. The van der Waals surface area contributed by atoms with Crippen molar-refractivity contribution in [2.45, 2.75) is 16.2 Å². The number of aromatic nitrogens is 1. The molecule has 1 aliphatic heterocycles. The van der Waals surface area contributed by atoms with Crippen LogP contribution in [0.2, 0.25) is 0 Å². The number of piperazine rings is 1. The highest BCUT2D eigenvalue weighted by Crippen LogP contribution is 2.29. The molecule has 1 aliphatic rings. The summed E-state index contributed by atoms with van der Waals surface area (Å²) in [6, 6.07) is 14.7. The molecule has 0 saturated carbocycles. The molecule has 4 rings (SSSR count). The molecule has 0 amide bonds. The number of sulfone groups is 1. The Morgan fingerprint density at radius 1 is 1.00 bits per heavy atom. The van der Waals surface area contributed by atoms with E-state index in [4.69, 9.17) is 0 Å². The van der Waals surface area contributed by atoms with Crippen LogP contribution in [0.15, 0.2) is 64.5 Å². The lowest BCUT2D eigenvalue weighted by Gasteiger charge is -2.27. The number of hydrogen-bond donors (Lipinski definition) is 2. The minimum absolute atomic E-state index is 0. The van der Waals surface area contributed by atoms with Crippen LogP contribution in [0.1, 0.15) is 5.56 Å². The minimum Gasteiger partial charge on any atom is -0.360 e. The molecule has 0 aliphatic carbocycles.